The highest BCUT2D eigenvalue weighted by molar-refractivity contribution is 6.37. The maximum atomic E-state index is 10.9. The van der Waals surface area contributed by atoms with E-state index < -0.39 is 6.10 Å². The van der Waals surface area contributed by atoms with Gasteiger partial charge in [-0.3, -0.25) is 4.79 Å². The average molecular weight is 411 g/mol. The van der Waals surface area contributed by atoms with Gasteiger partial charge in [-0.2, -0.15) is 0 Å². The summed E-state index contributed by atoms with van der Waals surface area (Å²) in [7, 11) is 0. The molecule has 0 radical (unpaired) electrons. The predicted octanol–water partition coefficient (Wildman–Crippen LogP) is 3.09. The van der Waals surface area contributed by atoms with Crippen molar-refractivity contribution in [1.82, 2.24) is 9.88 Å². The van der Waals surface area contributed by atoms with Gasteiger partial charge in [-0.05, 0) is 19.1 Å². The average Bonchev–Trinajstić information content (AvgIpc) is 2.67. The molecule has 1 saturated heterocycles. The number of halogens is 2. The Bertz CT molecular complexity index is 842. The highest BCUT2D eigenvalue weighted by atomic mass is 35.5. The molecule has 144 valence electrons. The first-order chi connectivity index (χ1) is 12.9. The molecule has 1 aliphatic rings. The SMILES string of the molecule is CC(Oc1cc(N2CCN(C=O)CC2)cnc1N)c1c(Cl)ccc(O)c1Cl. The van der Waals surface area contributed by atoms with Crippen LogP contribution in [0.3, 0.4) is 0 Å². The van der Waals surface area contributed by atoms with E-state index in [1.807, 2.05) is 0 Å². The minimum absolute atomic E-state index is 0.0700. The molecular weight excluding hydrogens is 391 g/mol. The molecule has 27 heavy (non-hydrogen) atoms. The largest absolute Gasteiger partial charge is 0.506 e. The van der Waals surface area contributed by atoms with E-state index in [0.717, 1.165) is 12.1 Å². The second-order valence-electron chi connectivity index (χ2n) is 6.26. The van der Waals surface area contributed by atoms with Gasteiger partial charge in [-0.15, -0.1) is 0 Å². The van der Waals surface area contributed by atoms with E-state index in [4.69, 9.17) is 33.7 Å². The van der Waals surface area contributed by atoms with Crippen LogP contribution in [0.4, 0.5) is 11.5 Å². The molecule has 1 aromatic carbocycles. The quantitative estimate of drug-likeness (QED) is 0.735. The van der Waals surface area contributed by atoms with Crippen molar-refractivity contribution >= 4 is 41.1 Å². The van der Waals surface area contributed by atoms with E-state index in [1.54, 1.807) is 30.2 Å². The highest BCUT2D eigenvalue weighted by Gasteiger charge is 2.21. The van der Waals surface area contributed by atoms with Gasteiger partial charge in [0.1, 0.15) is 11.9 Å². The third kappa shape index (κ3) is 4.14. The van der Waals surface area contributed by atoms with Crippen LogP contribution < -0.4 is 15.4 Å². The van der Waals surface area contributed by atoms with Gasteiger partial charge >= 0.3 is 0 Å². The van der Waals surface area contributed by atoms with Crippen molar-refractivity contribution in [3.8, 4) is 11.5 Å². The van der Waals surface area contributed by atoms with E-state index in [-0.39, 0.29) is 16.6 Å². The van der Waals surface area contributed by atoms with Gasteiger partial charge < -0.3 is 25.4 Å². The number of phenols is 1. The maximum absolute atomic E-state index is 10.9. The van der Waals surface area contributed by atoms with Gasteiger partial charge in [0.2, 0.25) is 6.41 Å². The summed E-state index contributed by atoms with van der Waals surface area (Å²) in [5, 5.41) is 10.4. The number of hydrogen-bond donors (Lipinski definition) is 2. The highest BCUT2D eigenvalue weighted by Crippen LogP contribution is 2.39. The van der Waals surface area contributed by atoms with Gasteiger partial charge in [-0.25, -0.2) is 4.98 Å². The van der Waals surface area contributed by atoms with Crippen LogP contribution in [-0.2, 0) is 4.79 Å². The second-order valence-corrected chi connectivity index (χ2v) is 7.04. The number of ether oxygens (including phenoxy) is 1. The predicted molar refractivity (Wildman–Crippen MR) is 106 cm³/mol. The first-order valence-corrected chi connectivity index (χ1v) is 9.19. The molecule has 1 amide bonds. The lowest BCUT2D eigenvalue weighted by molar-refractivity contribution is -0.118. The van der Waals surface area contributed by atoms with Crippen LogP contribution in [0.5, 0.6) is 11.5 Å². The van der Waals surface area contributed by atoms with Crippen LogP contribution in [-0.4, -0.2) is 47.6 Å². The molecule has 1 aliphatic heterocycles. The van der Waals surface area contributed by atoms with Crippen molar-refractivity contribution in [2.75, 3.05) is 36.8 Å². The Balaban J connectivity index is 1.81. The zero-order valence-corrected chi connectivity index (χ0v) is 16.2. The number of phenolic OH excluding ortho intramolecular Hbond substituents is 1. The first-order valence-electron chi connectivity index (χ1n) is 8.44. The number of benzene rings is 1. The van der Waals surface area contributed by atoms with Gasteiger partial charge in [0.25, 0.3) is 0 Å². The number of hydrogen-bond acceptors (Lipinski definition) is 6. The maximum Gasteiger partial charge on any atom is 0.209 e. The van der Waals surface area contributed by atoms with E-state index in [2.05, 4.69) is 9.88 Å². The number of piperazine rings is 1. The Kier molecular flexibility index (Phi) is 5.82. The van der Waals surface area contributed by atoms with Gasteiger partial charge in [0.05, 0.1) is 16.9 Å². The van der Waals surface area contributed by atoms with Crippen LogP contribution in [0.15, 0.2) is 24.4 Å². The fourth-order valence-corrected chi connectivity index (χ4v) is 3.66. The van der Waals surface area contributed by atoms with Crippen LogP contribution in [0.2, 0.25) is 10.0 Å². The fraction of sp³-hybridized carbons (Fsp3) is 0.333. The van der Waals surface area contributed by atoms with Crippen molar-refractivity contribution in [1.29, 1.82) is 0 Å². The number of aromatic hydroxyl groups is 1. The van der Waals surface area contributed by atoms with Crippen molar-refractivity contribution in [2.24, 2.45) is 0 Å². The number of carbonyl (C=O) groups is 1. The van der Waals surface area contributed by atoms with Gasteiger partial charge in [0.15, 0.2) is 11.6 Å². The smallest absolute Gasteiger partial charge is 0.209 e. The molecule has 2 heterocycles. The Hall–Kier alpha value is -2.38. The summed E-state index contributed by atoms with van der Waals surface area (Å²) in [4.78, 5) is 18.9. The summed E-state index contributed by atoms with van der Waals surface area (Å²) in [5.41, 5.74) is 7.30. The fourth-order valence-electron chi connectivity index (χ4n) is 2.98. The molecular formula is C18H20Cl2N4O3. The van der Waals surface area contributed by atoms with Gasteiger partial charge in [0, 0.05) is 42.8 Å². The zero-order chi connectivity index (χ0) is 19.6. The van der Waals surface area contributed by atoms with Crippen LogP contribution >= 0.6 is 23.2 Å². The molecule has 9 heteroatoms. The molecule has 1 aromatic heterocycles. The number of carbonyl (C=O) groups excluding carboxylic acids is 1. The van der Waals surface area contributed by atoms with Crippen molar-refractivity contribution in [3.63, 3.8) is 0 Å². The Labute approximate surface area is 167 Å². The first kappa shape index (κ1) is 19.4. The van der Waals surface area contributed by atoms with Crippen LogP contribution in [0, 0.1) is 0 Å². The van der Waals surface area contributed by atoms with E-state index >= 15 is 0 Å². The Morgan fingerprint density at radius 3 is 2.67 bits per heavy atom. The molecule has 1 atom stereocenters. The number of nitrogens with zero attached hydrogens (tertiary/aromatic N) is 3. The van der Waals surface area contributed by atoms with E-state index in [1.165, 1.54) is 6.07 Å². The lowest BCUT2D eigenvalue weighted by atomic mass is 10.1. The van der Waals surface area contributed by atoms with Crippen LogP contribution in [0.25, 0.3) is 0 Å². The number of aromatic nitrogens is 1. The zero-order valence-electron chi connectivity index (χ0n) is 14.7. The third-order valence-corrected chi connectivity index (χ3v) is 5.24. The molecule has 0 bridgehead atoms. The third-order valence-electron chi connectivity index (χ3n) is 4.51. The van der Waals surface area contributed by atoms with E-state index in [0.29, 0.717) is 42.5 Å². The lowest BCUT2D eigenvalue weighted by Gasteiger charge is -2.34. The lowest BCUT2D eigenvalue weighted by Crippen LogP contribution is -2.45. The number of pyridine rings is 1. The number of nitrogen functional groups attached to an aromatic ring is 1. The number of rotatable bonds is 5. The molecule has 3 N–H and O–H groups in total. The topological polar surface area (TPSA) is 91.9 Å². The van der Waals surface area contributed by atoms with E-state index in [9.17, 15) is 9.90 Å². The van der Waals surface area contributed by atoms with Crippen molar-refractivity contribution < 1.29 is 14.6 Å². The Morgan fingerprint density at radius 1 is 1.30 bits per heavy atom. The molecule has 0 aliphatic carbocycles. The van der Waals surface area contributed by atoms with Crippen molar-refractivity contribution in [3.05, 3.63) is 40.0 Å². The Morgan fingerprint density at radius 2 is 2.00 bits per heavy atom. The minimum atomic E-state index is -0.552. The summed E-state index contributed by atoms with van der Waals surface area (Å²) in [6.07, 6.45) is 1.98. The summed E-state index contributed by atoms with van der Waals surface area (Å²) in [6.45, 7) is 4.46. The normalized spacial score (nSPS) is 15.5. The summed E-state index contributed by atoms with van der Waals surface area (Å²) < 4.78 is 5.96. The molecule has 0 spiro atoms. The minimum Gasteiger partial charge on any atom is -0.506 e. The molecule has 1 fully saturated rings. The molecule has 0 saturated carbocycles. The molecule has 3 rings (SSSR count). The molecule has 2 aromatic rings. The number of anilines is 2. The molecule has 1 unspecified atom stereocenters. The summed E-state index contributed by atoms with van der Waals surface area (Å²) in [6, 6.07) is 4.79. The standard InChI is InChI=1S/C18H20Cl2N4O3/c1-11(16-13(19)2-3-14(26)17(16)20)27-15-8-12(9-22-18(15)21)24-6-4-23(10-25)5-7-24/h2-3,8-11,26H,4-7H2,1H3,(H2,21,22). The molecule has 7 nitrogen and oxygen atoms in total. The van der Waals surface area contributed by atoms with Gasteiger partial charge in [-0.1, -0.05) is 23.2 Å². The number of amides is 1. The number of nitrogens with two attached hydrogens (primary N) is 1. The van der Waals surface area contributed by atoms with Crippen LogP contribution in [0.1, 0.15) is 18.6 Å². The monoisotopic (exact) mass is 410 g/mol. The van der Waals surface area contributed by atoms with Crippen molar-refractivity contribution in [2.45, 2.75) is 13.0 Å². The summed E-state index contributed by atoms with van der Waals surface area (Å²) >= 11 is 12.4. The summed E-state index contributed by atoms with van der Waals surface area (Å²) in [5.74, 6) is 0.567. The second kappa shape index (κ2) is 8.10.